The van der Waals surface area contributed by atoms with Crippen LogP contribution in [0.3, 0.4) is 0 Å². The molecule has 4 rings (SSSR count). The maximum absolute atomic E-state index is 12.8. The molecule has 0 aliphatic heterocycles. The second kappa shape index (κ2) is 6.05. The molecule has 4 atom stereocenters. The highest BCUT2D eigenvalue weighted by molar-refractivity contribution is 7.16. The van der Waals surface area contributed by atoms with Crippen molar-refractivity contribution in [1.82, 2.24) is 0 Å². The first-order valence-corrected chi connectivity index (χ1v) is 8.74. The molecule has 1 fully saturated rings. The van der Waals surface area contributed by atoms with E-state index in [1.165, 1.54) is 11.3 Å². The Morgan fingerprint density at radius 3 is 2.25 bits per heavy atom. The van der Waals surface area contributed by atoms with Crippen LogP contribution in [0.1, 0.15) is 33.6 Å². The molecule has 0 radical (unpaired) electrons. The molecule has 0 saturated heterocycles. The lowest BCUT2D eigenvalue weighted by Crippen LogP contribution is -2.47. The number of fused-ring (bicyclic) bond motifs is 2. The first kappa shape index (κ1) is 16.7. The first-order valence-electron chi connectivity index (χ1n) is 7.93. The number of primary amides is 1. The van der Waals surface area contributed by atoms with Gasteiger partial charge in [0.1, 0.15) is 5.00 Å². The van der Waals surface area contributed by atoms with Crippen LogP contribution >= 0.6 is 11.3 Å². The largest absolute Gasteiger partial charge is 0.481 e. The van der Waals surface area contributed by atoms with E-state index in [2.05, 4.69) is 5.32 Å². The summed E-state index contributed by atoms with van der Waals surface area (Å²) in [5.74, 6) is -3.39. The fraction of sp³-hybridized carbons (Fsp3) is 0.471. The fourth-order valence-electron chi connectivity index (χ4n) is 3.90. The molecule has 1 aromatic heterocycles. The molecule has 2 amide bonds. The van der Waals surface area contributed by atoms with E-state index in [0.717, 1.165) is 23.3 Å². The molecule has 1 heterocycles. The summed E-state index contributed by atoms with van der Waals surface area (Å²) >= 11 is 1.29. The highest BCUT2D eigenvalue weighted by Crippen LogP contribution is 2.45. The molecule has 24 heavy (non-hydrogen) atoms. The van der Waals surface area contributed by atoms with E-state index in [0.29, 0.717) is 10.6 Å². The van der Waals surface area contributed by atoms with Crippen LogP contribution in [-0.2, 0) is 9.59 Å². The van der Waals surface area contributed by atoms with Crippen LogP contribution in [0, 0.1) is 37.5 Å². The molecule has 7 heteroatoms. The van der Waals surface area contributed by atoms with Crippen LogP contribution in [0.25, 0.3) is 0 Å². The van der Waals surface area contributed by atoms with E-state index < -0.39 is 23.7 Å². The van der Waals surface area contributed by atoms with Crippen LogP contribution in [0.15, 0.2) is 12.2 Å². The molecular formula is C17H20N2O4S. The Bertz CT molecular complexity index is 752. The number of thiophene rings is 1. The topological polar surface area (TPSA) is 109 Å². The Labute approximate surface area is 143 Å². The van der Waals surface area contributed by atoms with Crippen molar-refractivity contribution >= 4 is 34.1 Å². The molecule has 1 aromatic rings. The fourth-order valence-corrected chi connectivity index (χ4v) is 4.96. The Balaban J connectivity index is 1.90. The third kappa shape index (κ3) is 2.62. The molecule has 6 nitrogen and oxygen atoms in total. The quantitative estimate of drug-likeness (QED) is 0.725. The minimum Gasteiger partial charge on any atom is -0.481 e. The number of hydrogen-bond donors (Lipinski definition) is 3. The predicted molar refractivity (Wildman–Crippen MR) is 90.9 cm³/mol. The standard InChI is InChI=1S/C17H20N2O4S/c1-7-8(2)24-16(11(7)14(18)20)19-15(21)12-9-3-5-10(6-4-9)13(12)17(22)23/h3,5,9-10,12-13H,4,6H2,1-2H3,(H2,18,20)(H,19,21)(H,22,23)/t9-,10+,12+,13+/m1/s1. The van der Waals surface area contributed by atoms with Gasteiger partial charge in [-0.05, 0) is 44.1 Å². The number of anilines is 1. The van der Waals surface area contributed by atoms with Crippen molar-refractivity contribution in [2.75, 3.05) is 5.32 Å². The Hall–Kier alpha value is -2.15. The summed E-state index contributed by atoms with van der Waals surface area (Å²) in [6.07, 6.45) is 5.49. The van der Waals surface area contributed by atoms with E-state index in [9.17, 15) is 19.5 Å². The van der Waals surface area contributed by atoms with Crippen LogP contribution in [0.2, 0.25) is 0 Å². The lowest BCUT2D eigenvalue weighted by atomic mass is 9.62. The zero-order valence-electron chi connectivity index (χ0n) is 13.5. The summed E-state index contributed by atoms with van der Waals surface area (Å²) < 4.78 is 0. The average Bonchev–Trinajstić information content (AvgIpc) is 2.81. The number of amides is 2. The van der Waals surface area contributed by atoms with Crippen molar-refractivity contribution in [3.63, 3.8) is 0 Å². The van der Waals surface area contributed by atoms with E-state index >= 15 is 0 Å². The van der Waals surface area contributed by atoms with Crippen molar-refractivity contribution in [3.05, 3.63) is 28.2 Å². The molecule has 128 valence electrons. The Morgan fingerprint density at radius 2 is 1.75 bits per heavy atom. The maximum Gasteiger partial charge on any atom is 0.307 e. The number of carbonyl (C=O) groups excluding carboxylic acids is 2. The second-order valence-corrected chi connectivity index (χ2v) is 7.75. The number of hydrogen-bond acceptors (Lipinski definition) is 4. The number of nitrogens with two attached hydrogens (primary N) is 1. The third-order valence-electron chi connectivity index (χ3n) is 5.20. The van der Waals surface area contributed by atoms with Crippen molar-refractivity contribution in [2.24, 2.45) is 29.4 Å². The highest BCUT2D eigenvalue weighted by Gasteiger charge is 2.48. The van der Waals surface area contributed by atoms with Crippen LogP contribution < -0.4 is 11.1 Å². The maximum atomic E-state index is 12.8. The number of carboxylic acid groups (broad SMARTS) is 1. The number of carboxylic acids is 1. The molecule has 0 unspecified atom stereocenters. The molecule has 0 aromatic carbocycles. The zero-order chi connectivity index (χ0) is 17.6. The normalized spacial score (nSPS) is 27.9. The number of rotatable bonds is 4. The number of aliphatic carboxylic acids is 1. The van der Waals surface area contributed by atoms with Gasteiger partial charge in [0.25, 0.3) is 5.91 Å². The van der Waals surface area contributed by atoms with E-state index in [-0.39, 0.29) is 17.7 Å². The lowest BCUT2D eigenvalue weighted by Gasteiger charge is -2.41. The minimum absolute atomic E-state index is 0.0738. The summed E-state index contributed by atoms with van der Waals surface area (Å²) in [6, 6.07) is 0. The molecule has 4 N–H and O–H groups in total. The van der Waals surface area contributed by atoms with E-state index in [4.69, 9.17) is 5.73 Å². The SMILES string of the molecule is Cc1sc(NC(=O)[C@@H]2[C@@H](C(=O)O)[C@H]3C=C[C@@H]2CC3)c(C(N)=O)c1C. The summed E-state index contributed by atoms with van der Waals surface area (Å²) in [4.78, 5) is 37.1. The third-order valence-corrected chi connectivity index (χ3v) is 6.33. The van der Waals surface area contributed by atoms with E-state index in [1.54, 1.807) is 6.92 Å². The van der Waals surface area contributed by atoms with E-state index in [1.807, 2.05) is 19.1 Å². The number of nitrogens with one attached hydrogen (secondary N) is 1. The van der Waals surface area contributed by atoms with Gasteiger partial charge in [-0.3, -0.25) is 14.4 Å². The summed E-state index contributed by atoms with van der Waals surface area (Å²) in [5.41, 5.74) is 6.50. The predicted octanol–water partition coefficient (Wildman–Crippen LogP) is 2.32. The molecule has 3 aliphatic carbocycles. The monoisotopic (exact) mass is 348 g/mol. The lowest BCUT2D eigenvalue weighted by molar-refractivity contribution is -0.151. The number of aryl methyl sites for hydroxylation is 1. The molecule has 1 saturated carbocycles. The van der Waals surface area contributed by atoms with Crippen molar-refractivity contribution in [2.45, 2.75) is 26.7 Å². The van der Waals surface area contributed by atoms with Gasteiger partial charge in [0, 0.05) is 4.88 Å². The van der Waals surface area contributed by atoms with Gasteiger partial charge in [0.15, 0.2) is 0 Å². The van der Waals surface area contributed by atoms with Gasteiger partial charge in [-0.15, -0.1) is 11.3 Å². The minimum atomic E-state index is -0.942. The summed E-state index contributed by atoms with van der Waals surface area (Å²) in [6.45, 7) is 3.64. The van der Waals surface area contributed by atoms with Crippen LogP contribution in [0.4, 0.5) is 5.00 Å². The Kier molecular flexibility index (Phi) is 4.21. The average molecular weight is 348 g/mol. The smallest absolute Gasteiger partial charge is 0.307 e. The number of carbonyl (C=O) groups is 3. The van der Waals surface area contributed by atoms with Crippen LogP contribution in [-0.4, -0.2) is 22.9 Å². The highest BCUT2D eigenvalue weighted by atomic mass is 32.1. The molecular weight excluding hydrogens is 328 g/mol. The molecule has 0 spiro atoms. The number of allylic oxidation sites excluding steroid dienone is 2. The van der Waals surface area contributed by atoms with Gasteiger partial charge in [0.2, 0.25) is 5.91 Å². The second-order valence-electron chi connectivity index (χ2n) is 6.52. The summed E-state index contributed by atoms with van der Waals surface area (Å²) in [5, 5.41) is 12.7. The zero-order valence-corrected chi connectivity index (χ0v) is 14.4. The van der Waals surface area contributed by atoms with Gasteiger partial charge in [-0.25, -0.2) is 0 Å². The van der Waals surface area contributed by atoms with Crippen molar-refractivity contribution in [3.8, 4) is 0 Å². The van der Waals surface area contributed by atoms with Gasteiger partial charge < -0.3 is 16.2 Å². The Morgan fingerprint density at radius 1 is 1.17 bits per heavy atom. The molecule has 2 bridgehead atoms. The van der Waals surface area contributed by atoms with Crippen molar-refractivity contribution in [1.29, 1.82) is 0 Å². The van der Waals surface area contributed by atoms with Gasteiger partial charge in [-0.2, -0.15) is 0 Å². The van der Waals surface area contributed by atoms with Gasteiger partial charge >= 0.3 is 5.97 Å². The van der Waals surface area contributed by atoms with Gasteiger partial charge in [-0.1, -0.05) is 12.2 Å². The molecule has 3 aliphatic rings. The summed E-state index contributed by atoms with van der Waals surface area (Å²) in [7, 11) is 0. The first-order chi connectivity index (χ1) is 11.3. The van der Waals surface area contributed by atoms with Crippen LogP contribution in [0.5, 0.6) is 0 Å². The van der Waals surface area contributed by atoms with Gasteiger partial charge in [0.05, 0.1) is 17.4 Å². The van der Waals surface area contributed by atoms with Crippen molar-refractivity contribution < 1.29 is 19.5 Å².